The first-order valence-corrected chi connectivity index (χ1v) is 9.61. The third kappa shape index (κ3) is 6.86. The van der Waals surface area contributed by atoms with E-state index < -0.39 is 11.8 Å². The fourth-order valence-corrected chi connectivity index (χ4v) is 2.81. The average molecular weight is 411 g/mol. The van der Waals surface area contributed by atoms with E-state index in [0.29, 0.717) is 16.4 Å². The molecule has 9 heteroatoms. The quantitative estimate of drug-likeness (QED) is 0.497. The summed E-state index contributed by atoms with van der Waals surface area (Å²) in [6, 6.07) is 9.11. The Kier molecular flexibility index (Phi) is 7.22. The summed E-state index contributed by atoms with van der Waals surface area (Å²) in [4.78, 5) is 32.8. The molecule has 1 aromatic heterocycles. The second-order valence-electron chi connectivity index (χ2n) is 7.01. The van der Waals surface area contributed by atoms with Crippen LogP contribution in [0.3, 0.4) is 0 Å². The first-order valence-electron chi connectivity index (χ1n) is 8.73. The van der Waals surface area contributed by atoms with Gasteiger partial charge in [-0.3, -0.25) is 14.6 Å². The van der Waals surface area contributed by atoms with E-state index in [1.807, 2.05) is 26.8 Å². The molecule has 0 aliphatic carbocycles. The van der Waals surface area contributed by atoms with E-state index in [9.17, 15) is 9.59 Å². The van der Waals surface area contributed by atoms with Crippen LogP contribution in [0.1, 0.15) is 26.3 Å². The molecule has 0 radical (unpaired) electrons. The van der Waals surface area contributed by atoms with Gasteiger partial charge < -0.3 is 16.4 Å². The van der Waals surface area contributed by atoms with Gasteiger partial charge in [0.15, 0.2) is 5.13 Å². The third-order valence-corrected chi connectivity index (χ3v) is 4.24. The van der Waals surface area contributed by atoms with Crippen molar-refractivity contribution in [1.82, 2.24) is 10.3 Å². The smallest absolute Gasteiger partial charge is 0.254 e. The van der Waals surface area contributed by atoms with E-state index in [4.69, 9.17) is 11.0 Å². The van der Waals surface area contributed by atoms with Crippen molar-refractivity contribution in [3.8, 4) is 17.3 Å². The zero-order valence-corrected chi connectivity index (χ0v) is 17.2. The van der Waals surface area contributed by atoms with Crippen LogP contribution >= 0.6 is 11.3 Å². The number of aliphatic imine (C=N–C) groups is 1. The minimum atomic E-state index is -0.496. The fourth-order valence-electron chi connectivity index (χ4n) is 2.08. The predicted octanol–water partition coefficient (Wildman–Crippen LogP) is 2.45. The number of thiazole rings is 1. The highest BCUT2D eigenvalue weighted by molar-refractivity contribution is 7.14. The van der Waals surface area contributed by atoms with Crippen LogP contribution in [0.25, 0.3) is 11.3 Å². The molecule has 0 saturated carbocycles. The zero-order valence-electron chi connectivity index (χ0n) is 16.4. The van der Waals surface area contributed by atoms with Crippen LogP contribution in [0.15, 0.2) is 46.4 Å². The molecular weight excluding hydrogens is 388 g/mol. The second-order valence-corrected chi connectivity index (χ2v) is 7.87. The number of aromatic nitrogens is 1. The lowest BCUT2D eigenvalue weighted by molar-refractivity contribution is -0.121. The summed E-state index contributed by atoms with van der Waals surface area (Å²) < 4.78 is 0. The molecule has 29 heavy (non-hydrogen) atoms. The maximum atomic E-state index is 12.1. The van der Waals surface area contributed by atoms with Gasteiger partial charge in [-0.25, -0.2) is 4.98 Å². The molecule has 4 N–H and O–H groups in total. The minimum absolute atomic E-state index is 0.168. The number of carbonyl (C=O) groups excluding carboxylic acids is 2. The van der Waals surface area contributed by atoms with Crippen LogP contribution in [0, 0.1) is 11.3 Å². The van der Waals surface area contributed by atoms with Gasteiger partial charge in [0.1, 0.15) is 0 Å². The monoisotopic (exact) mass is 410 g/mol. The van der Waals surface area contributed by atoms with E-state index in [0.717, 1.165) is 11.8 Å². The van der Waals surface area contributed by atoms with Crippen LogP contribution in [-0.2, 0) is 9.59 Å². The molecule has 0 bridgehead atoms. The summed E-state index contributed by atoms with van der Waals surface area (Å²) in [5.41, 5.74) is 7.25. The molecule has 0 aliphatic rings. The molecular formula is C20H22N6O2S. The molecule has 0 fully saturated rings. The molecule has 2 aromatic rings. The van der Waals surface area contributed by atoms with Gasteiger partial charge in [-0.2, -0.15) is 5.26 Å². The van der Waals surface area contributed by atoms with Crippen LogP contribution in [0.5, 0.6) is 0 Å². The predicted molar refractivity (Wildman–Crippen MR) is 114 cm³/mol. The zero-order chi connectivity index (χ0) is 21.4. The number of anilines is 1. The van der Waals surface area contributed by atoms with Crippen molar-refractivity contribution >= 4 is 34.5 Å². The molecule has 2 rings (SSSR count). The lowest BCUT2D eigenvalue weighted by Gasteiger charge is -2.11. The topological polar surface area (TPSA) is 133 Å². The van der Waals surface area contributed by atoms with E-state index in [1.54, 1.807) is 23.6 Å². The van der Waals surface area contributed by atoms with E-state index in [-0.39, 0.29) is 17.7 Å². The Morgan fingerprint density at radius 1 is 1.38 bits per heavy atom. The van der Waals surface area contributed by atoms with Crippen molar-refractivity contribution in [2.24, 2.45) is 10.7 Å². The molecule has 0 saturated heterocycles. The lowest BCUT2D eigenvalue weighted by Crippen LogP contribution is -2.34. The van der Waals surface area contributed by atoms with E-state index >= 15 is 0 Å². The third-order valence-electron chi connectivity index (χ3n) is 3.48. The van der Waals surface area contributed by atoms with E-state index in [2.05, 4.69) is 26.7 Å². The summed E-state index contributed by atoms with van der Waals surface area (Å²) in [6.45, 7) is 5.43. The Morgan fingerprint density at radius 3 is 2.79 bits per heavy atom. The maximum absolute atomic E-state index is 12.1. The Bertz CT molecular complexity index is 995. The number of amides is 2. The normalized spacial score (nSPS) is 11.9. The number of nitriles is 1. The Morgan fingerprint density at radius 2 is 2.14 bits per heavy atom. The summed E-state index contributed by atoms with van der Waals surface area (Å²) in [6.07, 6.45) is 2.53. The molecule has 150 valence electrons. The number of rotatable bonds is 6. The molecule has 2 amide bonds. The number of benzene rings is 1. The van der Waals surface area contributed by atoms with Gasteiger partial charge in [0, 0.05) is 23.4 Å². The van der Waals surface area contributed by atoms with Crippen LogP contribution < -0.4 is 16.4 Å². The number of hydrogen-bond donors (Lipinski definition) is 3. The van der Waals surface area contributed by atoms with Crippen molar-refractivity contribution in [2.45, 2.75) is 26.3 Å². The van der Waals surface area contributed by atoms with Gasteiger partial charge in [0.05, 0.1) is 35.0 Å². The molecule has 8 nitrogen and oxygen atoms in total. The first-order chi connectivity index (χ1) is 13.7. The van der Waals surface area contributed by atoms with Gasteiger partial charge >= 0.3 is 0 Å². The number of nitrogens with one attached hydrogen (secondary N) is 2. The van der Waals surface area contributed by atoms with Crippen molar-refractivity contribution < 1.29 is 9.59 Å². The minimum Gasteiger partial charge on any atom is -0.404 e. The largest absolute Gasteiger partial charge is 0.404 e. The first kappa shape index (κ1) is 21.8. The van der Waals surface area contributed by atoms with Gasteiger partial charge in [-0.05, 0) is 32.9 Å². The van der Waals surface area contributed by atoms with Crippen molar-refractivity contribution in [1.29, 1.82) is 5.26 Å². The standard InChI is InChI=1S/C20H22N6O2S/c1-20(2,3)24-10-15(9-22)18(28)23-11-17(27)26-19-25-16(12-29-19)14-6-4-5-13(7-14)8-21/h4-7,9-10,12H,11,22H2,1-3H3,(H,23,28)(H,25,26,27). The molecule has 0 unspecified atom stereocenters. The van der Waals surface area contributed by atoms with Crippen LogP contribution in [0.2, 0.25) is 0 Å². The number of nitrogens with two attached hydrogens (primary N) is 1. The number of carbonyl (C=O) groups is 2. The fraction of sp³-hybridized carbons (Fsp3) is 0.250. The van der Waals surface area contributed by atoms with Gasteiger partial charge in [0.2, 0.25) is 5.91 Å². The lowest BCUT2D eigenvalue weighted by atomic mass is 10.1. The summed E-state index contributed by atoms with van der Waals surface area (Å²) in [5, 5.41) is 16.3. The number of nitrogens with zero attached hydrogens (tertiary/aromatic N) is 3. The molecule has 1 aromatic carbocycles. The van der Waals surface area contributed by atoms with Crippen LogP contribution in [-0.4, -0.2) is 35.1 Å². The summed E-state index contributed by atoms with van der Waals surface area (Å²) in [5.74, 6) is -0.919. The van der Waals surface area contributed by atoms with Crippen molar-refractivity contribution in [2.75, 3.05) is 11.9 Å². The Balaban J connectivity index is 1.93. The second kappa shape index (κ2) is 9.61. The van der Waals surface area contributed by atoms with Gasteiger partial charge in [0.25, 0.3) is 5.91 Å². The number of hydrogen-bond acceptors (Lipinski definition) is 7. The summed E-state index contributed by atoms with van der Waals surface area (Å²) >= 11 is 1.25. The van der Waals surface area contributed by atoms with Gasteiger partial charge in [-0.15, -0.1) is 11.3 Å². The molecule has 0 spiro atoms. The Hall–Kier alpha value is -3.51. The Labute approximate surface area is 173 Å². The highest BCUT2D eigenvalue weighted by Gasteiger charge is 2.13. The van der Waals surface area contributed by atoms with Crippen molar-refractivity contribution in [3.63, 3.8) is 0 Å². The maximum Gasteiger partial charge on any atom is 0.254 e. The van der Waals surface area contributed by atoms with Crippen LogP contribution in [0.4, 0.5) is 5.13 Å². The van der Waals surface area contributed by atoms with E-state index in [1.165, 1.54) is 17.6 Å². The van der Waals surface area contributed by atoms with Gasteiger partial charge in [-0.1, -0.05) is 12.1 Å². The average Bonchev–Trinajstić information content (AvgIpc) is 3.14. The highest BCUT2D eigenvalue weighted by atomic mass is 32.1. The van der Waals surface area contributed by atoms with Crippen molar-refractivity contribution in [3.05, 3.63) is 47.0 Å². The SMILES string of the molecule is CC(C)(C)N=CC(=CN)C(=O)NCC(=O)Nc1nc(-c2cccc(C#N)c2)cs1. The molecule has 1 heterocycles. The summed E-state index contributed by atoms with van der Waals surface area (Å²) in [7, 11) is 0. The molecule has 0 aliphatic heterocycles. The molecule has 0 atom stereocenters. The highest BCUT2D eigenvalue weighted by Crippen LogP contribution is 2.25.